The predicted molar refractivity (Wildman–Crippen MR) is 97.2 cm³/mol. The largest absolute Gasteiger partial charge is 0.366 e. The maximum Gasteiger partial charge on any atom is 0.248 e. The van der Waals surface area contributed by atoms with Gasteiger partial charge in [0.05, 0.1) is 16.0 Å². The number of rotatable bonds is 6. The van der Waals surface area contributed by atoms with E-state index in [4.69, 9.17) is 5.73 Å². The van der Waals surface area contributed by atoms with Crippen LogP contribution in [0.1, 0.15) is 15.9 Å². The quantitative estimate of drug-likeness (QED) is 0.664. The summed E-state index contributed by atoms with van der Waals surface area (Å²) < 4.78 is 1.99. The summed E-state index contributed by atoms with van der Waals surface area (Å²) in [5.41, 5.74) is 7.47. The Morgan fingerprint density at radius 1 is 1.17 bits per heavy atom. The monoisotopic (exact) mass is 357 g/mol. The van der Waals surface area contributed by atoms with Crippen LogP contribution in [0, 0.1) is 0 Å². The van der Waals surface area contributed by atoms with E-state index >= 15 is 0 Å². The average Bonchev–Trinajstić information content (AvgIpc) is 3.01. The molecule has 122 valence electrons. The fourth-order valence-electron chi connectivity index (χ4n) is 2.13. The number of nitrogens with zero attached hydrogens (tertiary/aromatic N) is 1. The Morgan fingerprint density at radius 2 is 2.00 bits per heavy atom. The molecule has 24 heavy (non-hydrogen) atoms. The van der Waals surface area contributed by atoms with Gasteiger partial charge in [-0.05, 0) is 29.8 Å². The zero-order chi connectivity index (χ0) is 16.9. The maximum atomic E-state index is 12.0. The van der Waals surface area contributed by atoms with Crippen LogP contribution in [0.2, 0.25) is 0 Å². The molecular formula is C17H15N3O2S2. The summed E-state index contributed by atoms with van der Waals surface area (Å²) in [5, 5.41) is 2.83. The van der Waals surface area contributed by atoms with E-state index in [0.29, 0.717) is 17.9 Å². The second-order valence-corrected chi connectivity index (χ2v) is 7.33. The van der Waals surface area contributed by atoms with E-state index in [1.165, 1.54) is 11.8 Å². The number of carbonyl (C=O) groups is 2. The molecule has 0 saturated heterocycles. The van der Waals surface area contributed by atoms with Crippen LogP contribution in [0.3, 0.4) is 0 Å². The maximum absolute atomic E-state index is 12.0. The third-order valence-electron chi connectivity index (χ3n) is 3.30. The molecule has 3 N–H and O–H groups in total. The van der Waals surface area contributed by atoms with Gasteiger partial charge in [-0.25, -0.2) is 4.98 Å². The minimum Gasteiger partial charge on any atom is -0.366 e. The molecule has 0 atom stereocenters. The lowest BCUT2D eigenvalue weighted by Gasteiger charge is -2.05. The Kier molecular flexibility index (Phi) is 5.12. The molecule has 2 aromatic carbocycles. The number of nitrogens with two attached hydrogens (primary N) is 1. The lowest BCUT2D eigenvalue weighted by molar-refractivity contribution is -0.118. The van der Waals surface area contributed by atoms with E-state index in [9.17, 15) is 9.59 Å². The van der Waals surface area contributed by atoms with Gasteiger partial charge in [0, 0.05) is 12.1 Å². The molecule has 5 nitrogen and oxygen atoms in total. The normalized spacial score (nSPS) is 10.7. The van der Waals surface area contributed by atoms with Crippen molar-refractivity contribution in [3.05, 3.63) is 59.7 Å². The Morgan fingerprint density at radius 3 is 2.79 bits per heavy atom. The SMILES string of the molecule is NC(=O)c1cccc(CNC(=O)CSc2nc3ccccc3s2)c1. The first-order valence-electron chi connectivity index (χ1n) is 7.25. The zero-order valence-electron chi connectivity index (χ0n) is 12.7. The van der Waals surface area contributed by atoms with E-state index in [1.807, 2.05) is 30.3 Å². The Labute approximate surface area is 147 Å². The first-order chi connectivity index (χ1) is 11.6. The van der Waals surface area contributed by atoms with Crippen molar-refractivity contribution in [2.24, 2.45) is 5.73 Å². The summed E-state index contributed by atoms with van der Waals surface area (Å²) in [6.45, 7) is 0.361. The van der Waals surface area contributed by atoms with Crippen molar-refractivity contribution in [3.63, 3.8) is 0 Å². The van der Waals surface area contributed by atoms with Crippen LogP contribution >= 0.6 is 23.1 Å². The van der Waals surface area contributed by atoms with Gasteiger partial charge in [-0.3, -0.25) is 9.59 Å². The third-order valence-corrected chi connectivity index (χ3v) is 5.48. The molecule has 0 radical (unpaired) electrons. The van der Waals surface area contributed by atoms with E-state index in [2.05, 4.69) is 10.3 Å². The molecule has 1 heterocycles. The molecule has 1 aromatic heterocycles. The van der Waals surface area contributed by atoms with Gasteiger partial charge in [0.2, 0.25) is 11.8 Å². The van der Waals surface area contributed by atoms with E-state index in [0.717, 1.165) is 20.1 Å². The minimum atomic E-state index is -0.477. The van der Waals surface area contributed by atoms with Crippen molar-refractivity contribution in [2.75, 3.05) is 5.75 Å². The molecule has 0 spiro atoms. The Balaban J connectivity index is 1.52. The molecule has 0 saturated carbocycles. The summed E-state index contributed by atoms with van der Waals surface area (Å²) >= 11 is 3.00. The number of benzene rings is 2. The number of carbonyl (C=O) groups excluding carboxylic acids is 2. The number of thioether (sulfide) groups is 1. The van der Waals surface area contributed by atoms with Gasteiger partial charge in [0.25, 0.3) is 0 Å². The summed E-state index contributed by atoms with van der Waals surface area (Å²) in [7, 11) is 0. The molecule has 0 aliphatic rings. The van der Waals surface area contributed by atoms with Crippen molar-refractivity contribution in [3.8, 4) is 0 Å². The number of hydrogen-bond acceptors (Lipinski definition) is 5. The molecule has 3 aromatic rings. The highest BCUT2D eigenvalue weighted by molar-refractivity contribution is 8.01. The molecule has 0 aliphatic heterocycles. The summed E-state index contributed by atoms with van der Waals surface area (Å²) in [6, 6.07) is 14.8. The number of hydrogen-bond donors (Lipinski definition) is 2. The van der Waals surface area contributed by atoms with Gasteiger partial charge in [0.1, 0.15) is 0 Å². The highest BCUT2D eigenvalue weighted by Crippen LogP contribution is 2.28. The molecular weight excluding hydrogens is 342 g/mol. The zero-order valence-corrected chi connectivity index (χ0v) is 14.3. The van der Waals surface area contributed by atoms with Crippen molar-refractivity contribution in [1.82, 2.24) is 10.3 Å². The first-order valence-corrected chi connectivity index (χ1v) is 9.06. The number of fused-ring (bicyclic) bond motifs is 1. The highest BCUT2D eigenvalue weighted by Gasteiger charge is 2.08. The molecule has 0 unspecified atom stereocenters. The van der Waals surface area contributed by atoms with Crippen LogP contribution in [0.15, 0.2) is 52.9 Å². The van der Waals surface area contributed by atoms with E-state index in [1.54, 1.807) is 29.5 Å². The molecule has 3 rings (SSSR count). The van der Waals surface area contributed by atoms with Crippen molar-refractivity contribution in [2.45, 2.75) is 10.9 Å². The molecule has 2 amide bonds. The van der Waals surface area contributed by atoms with Crippen LogP contribution < -0.4 is 11.1 Å². The van der Waals surface area contributed by atoms with Crippen molar-refractivity contribution in [1.29, 1.82) is 0 Å². The highest BCUT2D eigenvalue weighted by atomic mass is 32.2. The molecule has 0 fully saturated rings. The van der Waals surface area contributed by atoms with Gasteiger partial charge in [-0.1, -0.05) is 36.0 Å². The second kappa shape index (κ2) is 7.46. The molecule has 0 aliphatic carbocycles. The van der Waals surface area contributed by atoms with Crippen molar-refractivity contribution < 1.29 is 9.59 Å². The lowest BCUT2D eigenvalue weighted by atomic mass is 10.1. The number of thiazole rings is 1. The van der Waals surface area contributed by atoms with Gasteiger partial charge in [0.15, 0.2) is 4.34 Å². The van der Waals surface area contributed by atoms with Crippen LogP contribution in [0.5, 0.6) is 0 Å². The van der Waals surface area contributed by atoms with Gasteiger partial charge >= 0.3 is 0 Å². The number of nitrogens with one attached hydrogen (secondary N) is 1. The van der Waals surface area contributed by atoms with E-state index in [-0.39, 0.29) is 5.91 Å². The van der Waals surface area contributed by atoms with Crippen LogP contribution in [0.25, 0.3) is 10.2 Å². The summed E-state index contributed by atoms with van der Waals surface area (Å²) in [6.07, 6.45) is 0. The van der Waals surface area contributed by atoms with Crippen LogP contribution in [-0.2, 0) is 11.3 Å². The molecule has 0 bridgehead atoms. The third kappa shape index (κ3) is 4.12. The van der Waals surface area contributed by atoms with Crippen LogP contribution in [0.4, 0.5) is 0 Å². The minimum absolute atomic E-state index is 0.0799. The van der Waals surface area contributed by atoms with Gasteiger partial charge in [-0.2, -0.15) is 0 Å². The Hall–Kier alpha value is -2.38. The first kappa shape index (κ1) is 16.5. The standard InChI is InChI=1S/C17H15N3O2S2/c18-16(22)12-5-3-4-11(8-12)9-19-15(21)10-23-17-20-13-6-1-2-7-14(13)24-17/h1-8H,9-10H2,(H2,18,22)(H,19,21). The Bertz CT molecular complexity index is 859. The number of amides is 2. The van der Waals surface area contributed by atoms with E-state index < -0.39 is 5.91 Å². The number of para-hydroxylation sites is 1. The number of aromatic nitrogens is 1. The number of primary amides is 1. The fraction of sp³-hybridized carbons (Fsp3) is 0.118. The van der Waals surface area contributed by atoms with Crippen molar-refractivity contribution >= 4 is 45.1 Å². The summed E-state index contributed by atoms with van der Waals surface area (Å²) in [4.78, 5) is 27.6. The van der Waals surface area contributed by atoms with Gasteiger partial charge < -0.3 is 11.1 Å². The van der Waals surface area contributed by atoms with Crippen LogP contribution in [-0.4, -0.2) is 22.6 Å². The fourth-order valence-corrected chi connectivity index (χ4v) is 4.02. The molecule has 7 heteroatoms. The van der Waals surface area contributed by atoms with Gasteiger partial charge in [-0.15, -0.1) is 11.3 Å². The average molecular weight is 357 g/mol. The smallest absolute Gasteiger partial charge is 0.248 e. The topological polar surface area (TPSA) is 85.1 Å². The predicted octanol–water partition coefficient (Wildman–Crippen LogP) is 2.80. The summed E-state index contributed by atoms with van der Waals surface area (Å²) in [5.74, 6) is -0.256. The second-order valence-electron chi connectivity index (χ2n) is 5.08. The lowest BCUT2D eigenvalue weighted by Crippen LogP contribution is -2.24.